The third-order valence-corrected chi connectivity index (χ3v) is 2.09. The number of nitrogens with zero attached hydrogens (tertiary/aromatic N) is 2. The second-order valence-corrected chi connectivity index (χ2v) is 4.11. The summed E-state index contributed by atoms with van der Waals surface area (Å²) in [6.07, 6.45) is 4.32. The van der Waals surface area contributed by atoms with Crippen LogP contribution in [0.2, 0.25) is 0 Å². The van der Waals surface area contributed by atoms with Gasteiger partial charge in [-0.05, 0) is 25.3 Å². The summed E-state index contributed by atoms with van der Waals surface area (Å²) in [4.78, 5) is 0. The van der Waals surface area contributed by atoms with Gasteiger partial charge in [0.1, 0.15) is 0 Å². The van der Waals surface area contributed by atoms with Gasteiger partial charge in [-0.3, -0.25) is 4.68 Å². The van der Waals surface area contributed by atoms with Crippen LogP contribution in [-0.2, 0) is 11.3 Å². The van der Waals surface area contributed by atoms with Crippen LogP contribution in [0, 0.1) is 0 Å². The van der Waals surface area contributed by atoms with Crippen molar-refractivity contribution in [2.24, 2.45) is 0 Å². The van der Waals surface area contributed by atoms with Crippen molar-refractivity contribution in [1.29, 1.82) is 0 Å². The van der Waals surface area contributed by atoms with Gasteiger partial charge in [0.2, 0.25) is 0 Å². The molecule has 0 spiro atoms. The molecule has 0 bridgehead atoms. The van der Waals surface area contributed by atoms with Crippen LogP contribution in [0.3, 0.4) is 0 Å². The first kappa shape index (κ1) is 11.2. The van der Waals surface area contributed by atoms with E-state index in [-0.39, 0.29) is 0 Å². The van der Waals surface area contributed by atoms with Crippen LogP contribution in [-0.4, -0.2) is 22.5 Å². The van der Waals surface area contributed by atoms with E-state index in [4.69, 9.17) is 4.74 Å². The summed E-state index contributed by atoms with van der Waals surface area (Å²) in [5, 5.41) is 4.27. The zero-order valence-electron chi connectivity index (χ0n) is 9.53. The molecule has 0 fully saturated rings. The van der Waals surface area contributed by atoms with E-state index in [9.17, 15) is 0 Å². The molecule has 3 heteroatoms. The Morgan fingerprint density at radius 3 is 2.57 bits per heavy atom. The van der Waals surface area contributed by atoms with Gasteiger partial charge in [0.25, 0.3) is 0 Å². The zero-order chi connectivity index (χ0) is 10.6. The van der Waals surface area contributed by atoms with Crippen LogP contribution >= 0.6 is 0 Å². The van der Waals surface area contributed by atoms with Crippen molar-refractivity contribution >= 4 is 0 Å². The molecule has 0 aliphatic carbocycles. The molecule has 0 saturated heterocycles. The second-order valence-electron chi connectivity index (χ2n) is 4.11. The Morgan fingerprint density at radius 2 is 2.07 bits per heavy atom. The molecule has 1 rings (SSSR count). The highest BCUT2D eigenvalue weighted by atomic mass is 16.5. The molecule has 80 valence electrons. The van der Waals surface area contributed by atoms with Gasteiger partial charge in [0.15, 0.2) is 0 Å². The standard InChI is InChI=1S/C11H20N2O/c1-9(2)11-7-12-13(8-11)5-6-14-10(3)4/h7-10H,5-6H2,1-4H3. The molecule has 0 aliphatic heterocycles. The maximum Gasteiger partial charge on any atom is 0.0666 e. The van der Waals surface area contributed by atoms with Gasteiger partial charge < -0.3 is 4.74 Å². The van der Waals surface area contributed by atoms with E-state index in [1.165, 1.54) is 5.56 Å². The third kappa shape index (κ3) is 3.50. The van der Waals surface area contributed by atoms with Gasteiger partial charge in [0, 0.05) is 6.20 Å². The van der Waals surface area contributed by atoms with Gasteiger partial charge in [-0.25, -0.2) is 0 Å². The quantitative estimate of drug-likeness (QED) is 0.723. The summed E-state index contributed by atoms with van der Waals surface area (Å²) in [7, 11) is 0. The molecule has 0 N–H and O–H groups in total. The number of hydrogen-bond acceptors (Lipinski definition) is 2. The third-order valence-electron chi connectivity index (χ3n) is 2.09. The molecule has 1 heterocycles. The van der Waals surface area contributed by atoms with Crippen LogP contribution in [0.1, 0.15) is 39.2 Å². The first-order valence-electron chi connectivity index (χ1n) is 5.23. The highest BCUT2D eigenvalue weighted by Crippen LogP contribution is 2.11. The van der Waals surface area contributed by atoms with Gasteiger partial charge >= 0.3 is 0 Å². The Kier molecular flexibility index (Phi) is 4.14. The van der Waals surface area contributed by atoms with E-state index in [0.29, 0.717) is 12.0 Å². The SMILES string of the molecule is CC(C)OCCn1cc(C(C)C)cn1. The van der Waals surface area contributed by atoms with Crippen LogP contribution < -0.4 is 0 Å². The van der Waals surface area contributed by atoms with Crippen molar-refractivity contribution in [3.63, 3.8) is 0 Å². The lowest BCUT2D eigenvalue weighted by Gasteiger charge is -2.06. The van der Waals surface area contributed by atoms with Gasteiger partial charge in [-0.1, -0.05) is 13.8 Å². The van der Waals surface area contributed by atoms with Crippen molar-refractivity contribution in [2.45, 2.75) is 46.3 Å². The summed E-state index contributed by atoms with van der Waals surface area (Å²) < 4.78 is 7.40. The molecule has 1 aromatic heterocycles. The van der Waals surface area contributed by atoms with Crippen LogP contribution in [0.25, 0.3) is 0 Å². The molecule has 0 aliphatic rings. The first-order chi connectivity index (χ1) is 6.59. The minimum absolute atomic E-state index is 0.301. The molecule has 1 aromatic rings. The van der Waals surface area contributed by atoms with Gasteiger partial charge in [-0.15, -0.1) is 0 Å². The molecular weight excluding hydrogens is 176 g/mol. The van der Waals surface area contributed by atoms with E-state index in [1.807, 2.05) is 24.7 Å². The Bertz CT molecular complexity index is 266. The molecule has 0 aromatic carbocycles. The molecule has 0 atom stereocenters. The fraction of sp³-hybridized carbons (Fsp3) is 0.727. The molecular formula is C11H20N2O. The van der Waals surface area contributed by atoms with E-state index in [2.05, 4.69) is 25.1 Å². The largest absolute Gasteiger partial charge is 0.377 e. The lowest BCUT2D eigenvalue weighted by atomic mass is 10.1. The normalized spacial score (nSPS) is 11.6. The fourth-order valence-corrected chi connectivity index (χ4v) is 1.18. The van der Waals surface area contributed by atoms with Crippen molar-refractivity contribution < 1.29 is 4.74 Å². The summed E-state index contributed by atoms with van der Waals surface area (Å²) >= 11 is 0. The minimum Gasteiger partial charge on any atom is -0.377 e. The lowest BCUT2D eigenvalue weighted by molar-refractivity contribution is 0.0709. The number of ether oxygens (including phenoxy) is 1. The summed E-state index contributed by atoms with van der Waals surface area (Å²) in [5.74, 6) is 0.551. The van der Waals surface area contributed by atoms with Crippen molar-refractivity contribution in [2.75, 3.05) is 6.61 Å². The lowest BCUT2D eigenvalue weighted by Crippen LogP contribution is -2.10. The predicted molar refractivity (Wildman–Crippen MR) is 57.4 cm³/mol. The van der Waals surface area contributed by atoms with Crippen LogP contribution in [0.15, 0.2) is 12.4 Å². The van der Waals surface area contributed by atoms with Crippen LogP contribution in [0.4, 0.5) is 0 Å². The molecule has 0 radical (unpaired) electrons. The maximum absolute atomic E-state index is 5.45. The molecule has 0 unspecified atom stereocenters. The van der Waals surface area contributed by atoms with Crippen molar-refractivity contribution in [3.8, 4) is 0 Å². The highest BCUT2D eigenvalue weighted by molar-refractivity contribution is 5.08. The van der Waals surface area contributed by atoms with E-state index >= 15 is 0 Å². The first-order valence-corrected chi connectivity index (χ1v) is 5.23. The Balaban J connectivity index is 2.36. The van der Waals surface area contributed by atoms with E-state index in [1.54, 1.807) is 0 Å². The summed E-state index contributed by atoms with van der Waals surface area (Å²) in [5.41, 5.74) is 1.29. The summed E-state index contributed by atoms with van der Waals surface area (Å²) in [6, 6.07) is 0. The number of hydrogen-bond donors (Lipinski definition) is 0. The molecule has 0 amide bonds. The van der Waals surface area contributed by atoms with E-state index in [0.717, 1.165) is 13.2 Å². The molecule has 14 heavy (non-hydrogen) atoms. The monoisotopic (exact) mass is 196 g/mol. The Hall–Kier alpha value is -0.830. The number of aromatic nitrogens is 2. The maximum atomic E-state index is 5.45. The van der Waals surface area contributed by atoms with Gasteiger partial charge in [-0.2, -0.15) is 5.10 Å². The van der Waals surface area contributed by atoms with Crippen molar-refractivity contribution in [1.82, 2.24) is 9.78 Å². The summed E-state index contributed by atoms with van der Waals surface area (Å²) in [6.45, 7) is 10.0. The van der Waals surface area contributed by atoms with Crippen molar-refractivity contribution in [3.05, 3.63) is 18.0 Å². The van der Waals surface area contributed by atoms with Gasteiger partial charge in [0.05, 0.1) is 25.5 Å². The second kappa shape index (κ2) is 5.15. The minimum atomic E-state index is 0.301. The average Bonchev–Trinajstić information content (AvgIpc) is 2.52. The predicted octanol–water partition coefficient (Wildman–Crippen LogP) is 2.43. The number of rotatable bonds is 5. The Morgan fingerprint density at radius 1 is 1.36 bits per heavy atom. The topological polar surface area (TPSA) is 27.1 Å². The highest BCUT2D eigenvalue weighted by Gasteiger charge is 2.02. The van der Waals surface area contributed by atoms with Crippen LogP contribution in [0.5, 0.6) is 0 Å². The average molecular weight is 196 g/mol. The zero-order valence-corrected chi connectivity index (χ0v) is 9.53. The van der Waals surface area contributed by atoms with E-state index < -0.39 is 0 Å². The fourth-order valence-electron chi connectivity index (χ4n) is 1.18. The molecule has 3 nitrogen and oxygen atoms in total. The smallest absolute Gasteiger partial charge is 0.0666 e. The molecule has 0 saturated carbocycles. The Labute approximate surface area is 86.1 Å².